The van der Waals surface area contributed by atoms with E-state index in [9.17, 15) is 13.2 Å². The molecular formula is C19H31F3N2O. The van der Waals surface area contributed by atoms with Gasteiger partial charge in [-0.1, -0.05) is 26.5 Å². The Kier molecular flexibility index (Phi) is 9.90. The smallest absolute Gasteiger partial charge is 0.415 e. The van der Waals surface area contributed by atoms with Crippen molar-refractivity contribution in [2.24, 2.45) is 0 Å². The molecule has 0 atom stereocenters. The average Bonchev–Trinajstić information content (AvgIpc) is 2.57. The zero-order valence-corrected chi connectivity index (χ0v) is 15.3. The van der Waals surface area contributed by atoms with Crippen LogP contribution in [-0.4, -0.2) is 61.9 Å². The Hall–Kier alpha value is -1.27. The summed E-state index contributed by atoms with van der Waals surface area (Å²) >= 11 is 0. The lowest BCUT2D eigenvalue weighted by Crippen LogP contribution is -2.46. The van der Waals surface area contributed by atoms with Crippen LogP contribution in [0.15, 0.2) is 36.6 Å². The summed E-state index contributed by atoms with van der Waals surface area (Å²) in [6, 6.07) is 0. The molecule has 0 aromatic heterocycles. The fourth-order valence-corrected chi connectivity index (χ4v) is 2.60. The fourth-order valence-electron chi connectivity index (χ4n) is 2.60. The van der Waals surface area contributed by atoms with Crippen LogP contribution < -0.4 is 0 Å². The summed E-state index contributed by atoms with van der Waals surface area (Å²) in [5.41, 5.74) is -0.907. The van der Waals surface area contributed by atoms with Crippen LogP contribution >= 0.6 is 0 Å². The van der Waals surface area contributed by atoms with Crippen LogP contribution in [0.2, 0.25) is 0 Å². The first-order valence-electron chi connectivity index (χ1n) is 9.03. The number of alkyl halides is 3. The molecule has 3 nitrogen and oxygen atoms in total. The van der Waals surface area contributed by atoms with Crippen LogP contribution in [0.25, 0.3) is 0 Å². The minimum absolute atomic E-state index is 0.231. The van der Waals surface area contributed by atoms with E-state index >= 15 is 0 Å². The van der Waals surface area contributed by atoms with E-state index < -0.39 is 11.7 Å². The third-order valence-corrected chi connectivity index (χ3v) is 4.28. The van der Waals surface area contributed by atoms with Crippen LogP contribution in [0, 0.1) is 0 Å². The number of nitrogens with zero attached hydrogens (tertiary/aromatic N) is 2. The lowest BCUT2D eigenvalue weighted by atomic mass is 10.2. The molecule has 0 radical (unpaired) electrons. The molecule has 144 valence electrons. The Labute approximate surface area is 149 Å². The zero-order chi connectivity index (χ0) is 18.7. The maximum atomic E-state index is 12.3. The topological polar surface area (TPSA) is 15.7 Å². The van der Waals surface area contributed by atoms with Gasteiger partial charge in [0.2, 0.25) is 0 Å². The van der Waals surface area contributed by atoms with Gasteiger partial charge in [-0.15, -0.1) is 0 Å². The maximum Gasteiger partial charge on any atom is 0.415 e. The number of rotatable bonds is 11. The van der Waals surface area contributed by atoms with Gasteiger partial charge < -0.3 is 14.5 Å². The molecule has 1 aliphatic heterocycles. The summed E-state index contributed by atoms with van der Waals surface area (Å²) < 4.78 is 42.2. The van der Waals surface area contributed by atoms with Crippen LogP contribution in [0.5, 0.6) is 0 Å². The van der Waals surface area contributed by atoms with E-state index in [1.54, 1.807) is 0 Å². The Bertz CT molecular complexity index is 438. The standard InChI is InChI=1S/C19H31F3N2O/c1-4-5-10-23-12-14-24(15-13-23)11-6-7-16-25-18(3)9-8-17(2)19(20,21)22/h8-9H,2-7,10-16H2,1H3/b9-8-. The van der Waals surface area contributed by atoms with Gasteiger partial charge in [0.05, 0.1) is 6.61 Å². The molecule has 0 N–H and O–H groups in total. The number of allylic oxidation sites excluding steroid dienone is 3. The summed E-state index contributed by atoms with van der Waals surface area (Å²) in [6.07, 6.45) is 2.09. The molecular weight excluding hydrogens is 329 g/mol. The van der Waals surface area contributed by atoms with Gasteiger partial charge in [-0.2, -0.15) is 13.2 Å². The molecule has 25 heavy (non-hydrogen) atoms. The molecule has 0 unspecified atom stereocenters. The number of hydrogen-bond acceptors (Lipinski definition) is 3. The Morgan fingerprint density at radius 1 is 0.960 bits per heavy atom. The van der Waals surface area contributed by atoms with Gasteiger partial charge in [-0.25, -0.2) is 0 Å². The second-order valence-corrected chi connectivity index (χ2v) is 6.42. The highest BCUT2D eigenvalue weighted by molar-refractivity contribution is 5.24. The summed E-state index contributed by atoms with van der Waals surface area (Å²) in [6.45, 7) is 16.0. The van der Waals surface area contributed by atoms with Crippen molar-refractivity contribution >= 4 is 0 Å². The first kappa shape index (κ1) is 21.8. The molecule has 0 spiro atoms. The van der Waals surface area contributed by atoms with E-state index in [0.29, 0.717) is 6.61 Å². The lowest BCUT2D eigenvalue weighted by molar-refractivity contribution is -0.0878. The van der Waals surface area contributed by atoms with Crippen LogP contribution in [-0.2, 0) is 4.74 Å². The van der Waals surface area contributed by atoms with Crippen molar-refractivity contribution in [1.29, 1.82) is 0 Å². The number of ether oxygens (including phenoxy) is 1. The number of hydrogen-bond donors (Lipinski definition) is 0. The van der Waals surface area contributed by atoms with E-state index in [0.717, 1.165) is 51.6 Å². The zero-order valence-electron chi connectivity index (χ0n) is 15.3. The van der Waals surface area contributed by atoms with Gasteiger partial charge >= 0.3 is 6.18 Å². The molecule has 1 heterocycles. The molecule has 0 aliphatic carbocycles. The minimum Gasteiger partial charge on any atom is -0.494 e. The SMILES string of the molecule is C=C(/C=C\C(=C)C(F)(F)F)OCCCCN1CCN(CCCC)CC1. The van der Waals surface area contributed by atoms with Crippen molar-refractivity contribution in [1.82, 2.24) is 9.80 Å². The third kappa shape index (κ3) is 9.70. The van der Waals surface area contributed by atoms with Crippen molar-refractivity contribution < 1.29 is 17.9 Å². The molecule has 1 rings (SSSR count). The van der Waals surface area contributed by atoms with Gasteiger partial charge in [0.15, 0.2) is 0 Å². The van der Waals surface area contributed by atoms with Gasteiger partial charge in [0.25, 0.3) is 0 Å². The van der Waals surface area contributed by atoms with E-state index in [1.165, 1.54) is 25.5 Å². The first-order chi connectivity index (χ1) is 11.8. The highest BCUT2D eigenvalue weighted by Crippen LogP contribution is 2.25. The highest BCUT2D eigenvalue weighted by atomic mass is 19.4. The van der Waals surface area contributed by atoms with Gasteiger partial charge in [-0.05, 0) is 44.5 Å². The minimum atomic E-state index is -4.41. The van der Waals surface area contributed by atoms with E-state index in [2.05, 4.69) is 29.9 Å². The average molecular weight is 360 g/mol. The van der Waals surface area contributed by atoms with Gasteiger partial charge in [0, 0.05) is 31.8 Å². The lowest BCUT2D eigenvalue weighted by Gasteiger charge is -2.34. The quantitative estimate of drug-likeness (QED) is 0.309. The molecule has 1 saturated heterocycles. The second-order valence-electron chi connectivity index (χ2n) is 6.42. The molecule has 0 bridgehead atoms. The molecule has 0 aromatic carbocycles. The van der Waals surface area contributed by atoms with Crippen LogP contribution in [0.3, 0.4) is 0 Å². The van der Waals surface area contributed by atoms with E-state index in [1.807, 2.05) is 0 Å². The van der Waals surface area contributed by atoms with Gasteiger partial charge in [-0.3, -0.25) is 0 Å². The molecule has 0 aromatic rings. The van der Waals surface area contributed by atoms with Crippen molar-refractivity contribution in [2.45, 2.75) is 38.8 Å². The summed E-state index contributed by atoms with van der Waals surface area (Å²) in [5.74, 6) is 0.231. The third-order valence-electron chi connectivity index (χ3n) is 4.28. The van der Waals surface area contributed by atoms with Crippen LogP contribution in [0.4, 0.5) is 13.2 Å². The number of unbranched alkanes of at least 4 members (excludes halogenated alkanes) is 2. The van der Waals surface area contributed by atoms with Crippen LogP contribution in [0.1, 0.15) is 32.6 Å². The van der Waals surface area contributed by atoms with E-state index in [-0.39, 0.29) is 5.76 Å². The largest absolute Gasteiger partial charge is 0.494 e. The molecule has 0 saturated carbocycles. The first-order valence-corrected chi connectivity index (χ1v) is 9.03. The molecule has 1 fully saturated rings. The van der Waals surface area contributed by atoms with Crippen molar-refractivity contribution in [3.8, 4) is 0 Å². The molecule has 0 amide bonds. The predicted octanol–water partition coefficient (Wildman–Crippen LogP) is 4.39. The summed E-state index contributed by atoms with van der Waals surface area (Å²) in [5, 5.41) is 0. The Morgan fingerprint density at radius 2 is 1.52 bits per heavy atom. The van der Waals surface area contributed by atoms with E-state index in [4.69, 9.17) is 4.74 Å². The second kappa shape index (κ2) is 11.4. The molecule has 1 aliphatic rings. The normalized spacial score (nSPS) is 17.1. The monoisotopic (exact) mass is 360 g/mol. The molecule has 6 heteroatoms. The van der Waals surface area contributed by atoms with Gasteiger partial charge in [0.1, 0.15) is 5.76 Å². The summed E-state index contributed by atoms with van der Waals surface area (Å²) in [4.78, 5) is 4.98. The van der Waals surface area contributed by atoms with Crippen molar-refractivity contribution in [3.05, 3.63) is 36.6 Å². The summed E-state index contributed by atoms with van der Waals surface area (Å²) in [7, 11) is 0. The Balaban J connectivity index is 2.06. The predicted molar refractivity (Wildman–Crippen MR) is 96.4 cm³/mol. The van der Waals surface area contributed by atoms with Crippen molar-refractivity contribution in [2.75, 3.05) is 45.9 Å². The number of halogens is 3. The Morgan fingerprint density at radius 3 is 2.04 bits per heavy atom. The maximum absolute atomic E-state index is 12.3. The fraction of sp³-hybridized carbons (Fsp3) is 0.684. The number of piperazine rings is 1. The highest BCUT2D eigenvalue weighted by Gasteiger charge is 2.29. The van der Waals surface area contributed by atoms with Crippen molar-refractivity contribution in [3.63, 3.8) is 0 Å².